The number of thiophene rings is 1. The number of thiazole rings is 1. The molecule has 2 bridgehead atoms. The van der Waals surface area contributed by atoms with E-state index >= 15 is 0 Å². The van der Waals surface area contributed by atoms with Crippen LogP contribution in [0.1, 0.15) is 65.8 Å². The number of hydrogen-bond acceptors (Lipinski definition) is 8. The van der Waals surface area contributed by atoms with Crippen LogP contribution < -0.4 is 16.0 Å². The Balaban J connectivity index is 1.10. The number of fused-ring (bicyclic) bond motifs is 4. The molecule has 3 atom stereocenters. The van der Waals surface area contributed by atoms with Crippen molar-refractivity contribution in [3.05, 3.63) is 39.2 Å². The molecular formula is C28H35N5O3S2. The Morgan fingerprint density at radius 3 is 2.53 bits per heavy atom. The maximum atomic E-state index is 13.0. The van der Waals surface area contributed by atoms with Crippen LogP contribution >= 0.6 is 22.7 Å². The molecule has 38 heavy (non-hydrogen) atoms. The van der Waals surface area contributed by atoms with Crippen LogP contribution in [0.15, 0.2) is 18.2 Å². The molecule has 2 unspecified atom stereocenters. The number of benzene rings is 1. The van der Waals surface area contributed by atoms with Gasteiger partial charge in [-0.2, -0.15) is 0 Å². The Labute approximate surface area is 231 Å². The molecule has 0 spiro atoms. The number of aromatic nitrogens is 1. The lowest BCUT2D eigenvalue weighted by molar-refractivity contribution is 0.0123. The minimum Gasteiger partial charge on any atom is -0.444 e. The lowest BCUT2D eigenvalue weighted by Gasteiger charge is -2.42. The summed E-state index contributed by atoms with van der Waals surface area (Å²) in [5.41, 5.74) is 10.2. The number of piperazine rings is 1. The molecule has 2 fully saturated rings. The zero-order chi connectivity index (χ0) is 26.8. The lowest BCUT2D eigenvalue weighted by Crippen LogP contribution is -2.56. The van der Waals surface area contributed by atoms with Crippen LogP contribution in [0.4, 0.5) is 16.2 Å². The van der Waals surface area contributed by atoms with E-state index < -0.39 is 5.60 Å². The van der Waals surface area contributed by atoms with E-state index in [0.717, 1.165) is 59.7 Å². The third kappa shape index (κ3) is 4.73. The summed E-state index contributed by atoms with van der Waals surface area (Å²) in [6.45, 7) is 9.39. The average Bonchev–Trinajstić information content (AvgIpc) is 3.46. The quantitative estimate of drug-likeness (QED) is 0.467. The average molecular weight is 554 g/mol. The molecule has 6 rings (SSSR count). The van der Waals surface area contributed by atoms with Gasteiger partial charge in [0.1, 0.15) is 15.3 Å². The van der Waals surface area contributed by atoms with Crippen LogP contribution in [0.3, 0.4) is 0 Å². The van der Waals surface area contributed by atoms with Gasteiger partial charge in [0.05, 0.1) is 27.5 Å². The van der Waals surface area contributed by atoms with Crippen molar-refractivity contribution in [1.82, 2.24) is 15.2 Å². The van der Waals surface area contributed by atoms with E-state index in [0.29, 0.717) is 10.6 Å². The fourth-order valence-corrected chi connectivity index (χ4v) is 8.20. The summed E-state index contributed by atoms with van der Waals surface area (Å²) in [7, 11) is 0. The number of rotatable bonds is 3. The molecule has 2 saturated heterocycles. The number of nitrogens with zero attached hydrogens (tertiary/aromatic N) is 3. The Morgan fingerprint density at radius 2 is 1.84 bits per heavy atom. The number of nitrogens with two attached hydrogens (primary N) is 1. The first-order valence-electron chi connectivity index (χ1n) is 13.4. The molecular weight excluding hydrogens is 518 g/mol. The highest BCUT2D eigenvalue weighted by molar-refractivity contribution is 7.29. The molecule has 2 amide bonds. The van der Waals surface area contributed by atoms with Crippen LogP contribution in [0, 0.1) is 6.92 Å². The molecule has 10 heteroatoms. The molecule has 3 aromatic rings. The first kappa shape index (κ1) is 25.4. The van der Waals surface area contributed by atoms with E-state index in [4.69, 9.17) is 10.5 Å². The maximum absolute atomic E-state index is 13.0. The fourth-order valence-electron chi connectivity index (χ4n) is 6.11. The van der Waals surface area contributed by atoms with Crippen molar-refractivity contribution in [2.75, 3.05) is 23.7 Å². The van der Waals surface area contributed by atoms with Crippen molar-refractivity contribution in [1.29, 1.82) is 0 Å². The lowest BCUT2D eigenvalue weighted by atomic mass is 9.87. The van der Waals surface area contributed by atoms with Gasteiger partial charge >= 0.3 is 6.09 Å². The number of amides is 2. The molecule has 1 aromatic carbocycles. The van der Waals surface area contributed by atoms with E-state index in [1.807, 2.05) is 32.6 Å². The predicted octanol–water partition coefficient (Wildman–Crippen LogP) is 5.12. The van der Waals surface area contributed by atoms with Crippen LogP contribution in [-0.4, -0.2) is 58.7 Å². The summed E-state index contributed by atoms with van der Waals surface area (Å²) in [6.07, 6.45) is 4.50. The highest BCUT2D eigenvalue weighted by atomic mass is 32.1. The van der Waals surface area contributed by atoms with Crippen molar-refractivity contribution in [2.24, 2.45) is 0 Å². The van der Waals surface area contributed by atoms with E-state index in [9.17, 15) is 9.59 Å². The highest BCUT2D eigenvalue weighted by Crippen LogP contribution is 2.38. The van der Waals surface area contributed by atoms with Gasteiger partial charge in [0.15, 0.2) is 0 Å². The Kier molecular flexibility index (Phi) is 6.30. The third-order valence-corrected chi connectivity index (χ3v) is 10.0. The Bertz CT molecular complexity index is 1390. The number of ether oxygens (including phenoxy) is 1. The maximum Gasteiger partial charge on any atom is 0.410 e. The number of hydrogen-bond donors (Lipinski definition) is 2. The topological polar surface area (TPSA) is 101 Å². The minimum atomic E-state index is -0.480. The van der Waals surface area contributed by atoms with Crippen molar-refractivity contribution in [2.45, 2.75) is 83.5 Å². The van der Waals surface area contributed by atoms with Gasteiger partial charge in [-0.05, 0) is 83.1 Å². The summed E-state index contributed by atoms with van der Waals surface area (Å²) in [5.74, 6) is -0.0984. The largest absolute Gasteiger partial charge is 0.444 e. The normalized spacial score (nSPS) is 23.0. The van der Waals surface area contributed by atoms with E-state index in [1.165, 1.54) is 39.5 Å². The molecule has 202 valence electrons. The number of nitrogen functional groups attached to an aromatic ring is 1. The van der Waals surface area contributed by atoms with Crippen LogP contribution in [0.25, 0.3) is 9.53 Å². The fraction of sp³-hybridized carbons (Fsp3) is 0.536. The summed E-state index contributed by atoms with van der Waals surface area (Å²) >= 11 is 2.92. The van der Waals surface area contributed by atoms with Crippen molar-refractivity contribution < 1.29 is 14.3 Å². The number of nitrogens with one attached hydrogen (secondary N) is 1. The van der Waals surface area contributed by atoms with Crippen molar-refractivity contribution >= 4 is 55.6 Å². The van der Waals surface area contributed by atoms with E-state index in [2.05, 4.69) is 33.4 Å². The summed E-state index contributed by atoms with van der Waals surface area (Å²) in [4.78, 5) is 36.2. The Hall–Kier alpha value is -2.85. The van der Waals surface area contributed by atoms with Gasteiger partial charge in [-0.15, -0.1) is 22.7 Å². The van der Waals surface area contributed by atoms with Gasteiger partial charge in [-0.25, -0.2) is 9.78 Å². The SMILES string of the molecule is Cc1nc2sc(C(=O)N[C@H]3CCc4cc(N5CC6CCC(C5)N6C(=O)OC(C)(C)C)ccc4C3)c(N)c2s1. The first-order chi connectivity index (χ1) is 18.1. The molecule has 4 heterocycles. The molecule has 0 radical (unpaired) electrons. The highest BCUT2D eigenvalue weighted by Gasteiger charge is 2.44. The summed E-state index contributed by atoms with van der Waals surface area (Å²) < 4.78 is 6.61. The minimum absolute atomic E-state index is 0.0864. The second-order valence-corrected chi connectivity index (χ2v) is 14.0. The zero-order valence-electron chi connectivity index (χ0n) is 22.4. The van der Waals surface area contributed by atoms with Gasteiger partial charge < -0.3 is 20.7 Å². The molecule has 3 aliphatic rings. The standard InChI is InChI=1S/C28H35N5O3S2/c1-15-30-26-24(37-15)22(29)23(38-26)25(34)31-18-7-5-17-12-19(8-6-16(17)11-18)32-13-20-9-10-21(14-32)33(20)27(35)36-28(2,3)4/h6,8,12,18,20-21H,5,7,9-11,13-14,29H2,1-4H3,(H,31,34)/t18-,20?,21?/m0/s1. The van der Waals surface area contributed by atoms with Crippen molar-refractivity contribution in [3.63, 3.8) is 0 Å². The Morgan fingerprint density at radius 1 is 1.11 bits per heavy atom. The number of carbonyl (C=O) groups is 2. The third-order valence-electron chi connectivity index (χ3n) is 7.80. The van der Waals surface area contributed by atoms with Gasteiger partial charge in [0.2, 0.25) is 0 Å². The molecule has 8 nitrogen and oxygen atoms in total. The van der Waals surface area contributed by atoms with E-state index in [1.54, 1.807) is 0 Å². The van der Waals surface area contributed by atoms with Crippen molar-refractivity contribution in [3.8, 4) is 0 Å². The van der Waals surface area contributed by atoms with Gasteiger partial charge in [0, 0.05) is 24.8 Å². The summed E-state index contributed by atoms with van der Waals surface area (Å²) in [6, 6.07) is 7.20. The number of anilines is 2. The number of aryl methyl sites for hydroxylation is 2. The van der Waals surface area contributed by atoms with Crippen LogP contribution in [0.5, 0.6) is 0 Å². The molecule has 2 aromatic heterocycles. The molecule has 3 N–H and O–H groups in total. The van der Waals surface area contributed by atoms with Gasteiger partial charge in [0.25, 0.3) is 5.91 Å². The second-order valence-electron chi connectivity index (χ2n) is 11.8. The van der Waals surface area contributed by atoms with Gasteiger partial charge in [-0.1, -0.05) is 6.07 Å². The van der Waals surface area contributed by atoms with Gasteiger partial charge in [-0.3, -0.25) is 9.69 Å². The zero-order valence-corrected chi connectivity index (χ0v) is 24.0. The molecule has 1 aliphatic carbocycles. The first-order valence-corrected chi connectivity index (χ1v) is 15.0. The van der Waals surface area contributed by atoms with E-state index in [-0.39, 0.29) is 30.1 Å². The molecule has 0 saturated carbocycles. The number of carbonyl (C=O) groups excluding carboxylic acids is 2. The second kappa shape index (κ2) is 9.41. The monoisotopic (exact) mass is 553 g/mol. The summed E-state index contributed by atoms with van der Waals surface area (Å²) in [5, 5.41) is 4.18. The van der Waals surface area contributed by atoms with Crippen LogP contribution in [0.2, 0.25) is 0 Å². The predicted molar refractivity (Wildman–Crippen MR) is 153 cm³/mol. The van der Waals surface area contributed by atoms with Crippen LogP contribution in [-0.2, 0) is 17.6 Å². The smallest absolute Gasteiger partial charge is 0.410 e. The molecule has 2 aliphatic heterocycles.